The molecule has 0 fully saturated rings. The van der Waals surface area contributed by atoms with E-state index in [0.29, 0.717) is 23.1 Å². The first kappa shape index (κ1) is 15.6. The minimum Gasteiger partial charge on any atom is -0.192 e. The number of hydrogen-bond donors (Lipinski definition) is 0. The van der Waals surface area contributed by atoms with Crippen molar-refractivity contribution in [1.29, 1.82) is 15.8 Å². The lowest BCUT2D eigenvalue weighted by Gasteiger charge is -2.30. The Hall–Kier alpha value is -3.87. The fourth-order valence-corrected chi connectivity index (χ4v) is 3.85. The Kier molecular flexibility index (Phi) is 3.74. The van der Waals surface area contributed by atoms with Crippen LogP contribution in [0.1, 0.15) is 50.4 Å². The van der Waals surface area contributed by atoms with Crippen LogP contribution in [0, 0.1) is 34.0 Å². The maximum absolute atomic E-state index is 9.55. The van der Waals surface area contributed by atoms with Crippen molar-refractivity contribution in [3.8, 4) is 18.2 Å². The molecular weight excluding hydrogens is 318 g/mol. The SMILES string of the molecule is N#Cc1cccc(C2c3cccc(C#N)c3Cc3c(C#N)cccc32)c1. The molecule has 26 heavy (non-hydrogen) atoms. The van der Waals surface area contributed by atoms with Crippen molar-refractivity contribution in [1.82, 2.24) is 0 Å². The van der Waals surface area contributed by atoms with Crippen LogP contribution >= 0.6 is 0 Å². The molecule has 0 saturated carbocycles. The van der Waals surface area contributed by atoms with Gasteiger partial charge in [0.2, 0.25) is 0 Å². The Morgan fingerprint density at radius 3 is 1.81 bits per heavy atom. The van der Waals surface area contributed by atoms with Gasteiger partial charge in [-0.3, -0.25) is 0 Å². The molecule has 0 bridgehead atoms. The average Bonchev–Trinajstić information content (AvgIpc) is 2.71. The molecule has 4 rings (SSSR count). The molecule has 120 valence electrons. The lowest BCUT2D eigenvalue weighted by molar-refractivity contribution is 0.879. The highest BCUT2D eigenvalue weighted by atomic mass is 14.3. The number of hydrogen-bond acceptors (Lipinski definition) is 3. The van der Waals surface area contributed by atoms with Gasteiger partial charge < -0.3 is 0 Å². The quantitative estimate of drug-likeness (QED) is 0.519. The van der Waals surface area contributed by atoms with Crippen molar-refractivity contribution < 1.29 is 0 Å². The molecule has 1 aliphatic rings. The standard InChI is InChI=1S/C23H13N3/c24-12-15-4-1-5-16(10-15)23-19-8-2-6-17(13-25)21(19)11-22-18(14-26)7-3-9-20(22)23/h1-10,23H,11H2. The zero-order valence-corrected chi connectivity index (χ0v) is 13.9. The van der Waals surface area contributed by atoms with E-state index in [9.17, 15) is 15.8 Å². The van der Waals surface area contributed by atoms with E-state index in [0.717, 1.165) is 27.8 Å². The van der Waals surface area contributed by atoms with Gasteiger partial charge in [0.15, 0.2) is 0 Å². The van der Waals surface area contributed by atoms with Gasteiger partial charge in [0, 0.05) is 12.3 Å². The molecule has 0 aromatic heterocycles. The maximum atomic E-state index is 9.55. The monoisotopic (exact) mass is 331 g/mol. The van der Waals surface area contributed by atoms with E-state index >= 15 is 0 Å². The van der Waals surface area contributed by atoms with Crippen molar-refractivity contribution in [2.24, 2.45) is 0 Å². The fraction of sp³-hybridized carbons (Fsp3) is 0.0870. The zero-order chi connectivity index (χ0) is 18.1. The van der Waals surface area contributed by atoms with Crippen molar-refractivity contribution in [3.05, 3.63) is 105 Å². The van der Waals surface area contributed by atoms with E-state index in [2.05, 4.69) is 18.2 Å². The van der Waals surface area contributed by atoms with Crippen LogP contribution in [0.3, 0.4) is 0 Å². The van der Waals surface area contributed by atoms with Crippen LogP contribution in [-0.4, -0.2) is 0 Å². The summed E-state index contributed by atoms with van der Waals surface area (Å²) in [4.78, 5) is 0. The van der Waals surface area contributed by atoms with Crippen molar-refractivity contribution in [2.45, 2.75) is 12.3 Å². The molecule has 0 amide bonds. The molecule has 3 heteroatoms. The molecule has 3 nitrogen and oxygen atoms in total. The van der Waals surface area contributed by atoms with Gasteiger partial charge in [0.1, 0.15) is 0 Å². The van der Waals surface area contributed by atoms with Crippen LogP contribution in [0.15, 0.2) is 60.7 Å². The fourth-order valence-electron chi connectivity index (χ4n) is 3.85. The highest BCUT2D eigenvalue weighted by Crippen LogP contribution is 2.42. The molecular formula is C23H13N3. The van der Waals surface area contributed by atoms with E-state index in [4.69, 9.17) is 0 Å². The molecule has 0 aliphatic heterocycles. The third-order valence-electron chi connectivity index (χ3n) is 4.99. The summed E-state index contributed by atoms with van der Waals surface area (Å²) in [5, 5.41) is 28.4. The topological polar surface area (TPSA) is 71.4 Å². The normalized spacial score (nSPS) is 12.2. The number of fused-ring (bicyclic) bond motifs is 2. The van der Waals surface area contributed by atoms with Crippen LogP contribution < -0.4 is 0 Å². The predicted octanol–water partition coefficient (Wildman–Crippen LogP) is 4.39. The Bertz CT molecular complexity index is 1090. The molecule has 0 spiro atoms. The number of nitriles is 3. The molecule has 3 aromatic carbocycles. The Morgan fingerprint density at radius 1 is 0.692 bits per heavy atom. The molecule has 0 radical (unpaired) electrons. The van der Waals surface area contributed by atoms with E-state index < -0.39 is 0 Å². The van der Waals surface area contributed by atoms with Gasteiger partial charge in [0.25, 0.3) is 0 Å². The van der Waals surface area contributed by atoms with Crippen LogP contribution in [0.4, 0.5) is 0 Å². The van der Waals surface area contributed by atoms with Crippen molar-refractivity contribution >= 4 is 0 Å². The molecule has 0 atom stereocenters. The highest BCUT2D eigenvalue weighted by Gasteiger charge is 2.29. The molecule has 0 saturated heterocycles. The molecule has 0 unspecified atom stereocenters. The second kappa shape index (κ2) is 6.21. The largest absolute Gasteiger partial charge is 0.192 e. The van der Waals surface area contributed by atoms with Gasteiger partial charge in [0.05, 0.1) is 34.9 Å². The molecule has 0 heterocycles. The predicted molar refractivity (Wildman–Crippen MR) is 97.2 cm³/mol. The number of rotatable bonds is 1. The Balaban J connectivity index is 2.05. The van der Waals surface area contributed by atoms with Crippen molar-refractivity contribution in [2.75, 3.05) is 0 Å². The average molecular weight is 331 g/mol. The van der Waals surface area contributed by atoms with E-state index in [1.165, 1.54) is 0 Å². The van der Waals surface area contributed by atoms with Crippen LogP contribution in [0.5, 0.6) is 0 Å². The summed E-state index contributed by atoms with van der Waals surface area (Å²) >= 11 is 0. The third kappa shape index (κ3) is 2.34. The summed E-state index contributed by atoms with van der Waals surface area (Å²) in [5.74, 6) is -0.0938. The minimum atomic E-state index is -0.0938. The van der Waals surface area contributed by atoms with Gasteiger partial charge in [-0.1, -0.05) is 36.4 Å². The lowest BCUT2D eigenvalue weighted by Crippen LogP contribution is -2.17. The van der Waals surface area contributed by atoms with Gasteiger partial charge in [-0.2, -0.15) is 15.8 Å². The highest BCUT2D eigenvalue weighted by molar-refractivity contribution is 5.62. The van der Waals surface area contributed by atoms with Crippen LogP contribution in [-0.2, 0) is 6.42 Å². The Labute approximate surface area is 152 Å². The van der Waals surface area contributed by atoms with Crippen LogP contribution in [0.2, 0.25) is 0 Å². The van der Waals surface area contributed by atoms with Gasteiger partial charge >= 0.3 is 0 Å². The summed E-state index contributed by atoms with van der Waals surface area (Å²) in [6.07, 6.45) is 0.576. The van der Waals surface area contributed by atoms with Crippen molar-refractivity contribution in [3.63, 3.8) is 0 Å². The number of benzene rings is 3. The first-order valence-electron chi connectivity index (χ1n) is 8.30. The summed E-state index contributed by atoms with van der Waals surface area (Å²) in [6, 6.07) is 25.8. The Morgan fingerprint density at radius 2 is 1.27 bits per heavy atom. The van der Waals surface area contributed by atoms with Gasteiger partial charge in [-0.05, 0) is 52.1 Å². The van der Waals surface area contributed by atoms with E-state index in [1.807, 2.05) is 54.6 Å². The first-order chi connectivity index (χ1) is 12.8. The summed E-state index contributed by atoms with van der Waals surface area (Å²) < 4.78 is 0. The minimum absolute atomic E-state index is 0.0938. The third-order valence-corrected chi connectivity index (χ3v) is 4.99. The maximum Gasteiger partial charge on any atom is 0.0994 e. The summed E-state index contributed by atoms with van der Waals surface area (Å²) in [5.41, 5.74) is 6.96. The van der Waals surface area contributed by atoms with E-state index in [-0.39, 0.29) is 5.92 Å². The summed E-state index contributed by atoms with van der Waals surface area (Å²) in [7, 11) is 0. The number of nitrogens with zero attached hydrogens (tertiary/aromatic N) is 3. The van der Waals surface area contributed by atoms with Gasteiger partial charge in [-0.25, -0.2) is 0 Å². The van der Waals surface area contributed by atoms with Gasteiger partial charge in [-0.15, -0.1) is 0 Å². The summed E-state index contributed by atoms with van der Waals surface area (Å²) in [6.45, 7) is 0. The second-order valence-electron chi connectivity index (χ2n) is 6.32. The smallest absolute Gasteiger partial charge is 0.0994 e. The van der Waals surface area contributed by atoms with E-state index in [1.54, 1.807) is 6.07 Å². The molecule has 1 aliphatic carbocycles. The van der Waals surface area contributed by atoms with Crippen LogP contribution in [0.25, 0.3) is 0 Å². The first-order valence-corrected chi connectivity index (χ1v) is 8.30. The second-order valence-corrected chi connectivity index (χ2v) is 6.32. The zero-order valence-electron chi connectivity index (χ0n) is 13.9. The molecule has 0 N–H and O–H groups in total. The molecule has 3 aromatic rings. The lowest BCUT2D eigenvalue weighted by atomic mass is 9.72.